The van der Waals surface area contributed by atoms with Gasteiger partial charge in [-0.3, -0.25) is 14.5 Å². The second kappa shape index (κ2) is 18.9. The van der Waals surface area contributed by atoms with E-state index < -0.39 is 53.0 Å². The van der Waals surface area contributed by atoms with Crippen LogP contribution in [0.15, 0.2) is 36.2 Å². The van der Waals surface area contributed by atoms with Crippen molar-refractivity contribution in [2.24, 2.45) is 23.2 Å². The van der Waals surface area contributed by atoms with Crippen molar-refractivity contribution in [2.75, 3.05) is 52.3 Å². The number of pyridine rings is 1. The number of methoxy groups -OCH3 is 2. The molecule has 18 heteroatoms. The summed E-state index contributed by atoms with van der Waals surface area (Å²) in [5.74, 6) is 0.105. The van der Waals surface area contributed by atoms with Crippen molar-refractivity contribution in [2.45, 2.75) is 115 Å². The Morgan fingerprint density at radius 3 is 2.45 bits per heavy atom. The van der Waals surface area contributed by atoms with Crippen LogP contribution < -0.4 is 25.4 Å². The molecule has 16 nitrogen and oxygen atoms in total. The fourth-order valence-corrected chi connectivity index (χ4v) is 10.8. The number of nitrogens with one attached hydrogen (secondary N) is 3. The molecule has 3 aliphatic carbocycles. The standard InChI is InChI=1S/C47H62ClN7O9S/c1-9-28-21-47(28,43(58)61-8)53-41(56)35-19-31(23-55(35)42(57)40(46(4,5)6)52-45(59)64-30-17-26-16-27(26)18-30)63-37-20-33(34-24-65-44(51-34)49-25(2)3)50-39-32(37)10-11-36(38(39)48)62-15-14-54-13-12-29(22-54)60-7/h9-11,20,24-31,35,40H,1,12-19,21-23H2,2-8H3,(H,49,51)(H,52,59)(H,53,56). The van der Waals surface area contributed by atoms with Crippen LogP contribution in [-0.2, 0) is 28.6 Å². The highest BCUT2D eigenvalue weighted by molar-refractivity contribution is 7.14. The van der Waals surface area contributed by atoms with E-state index in [1.807, 2.05) is 46.1 Å². The summed E-state index contributed by atoms with van der Waals surface area (Å²) in [6.45, 7) is 16.3. The van der Waals surface area contributed by atoms with Gasteiger partial charge in [0.25, 0.3) is 0 Å². The summed E-state index contributed by atoms with van der Waals surface area (Å²) in [6.07, 6.45) is 4.40. The molecule has 3 aromatic rings. The van der Waals surface area contributed by atoms with E-state index in [1.54, 1.807) is 25.3 Å². The van der Waals surface area contributed by atoms with Gasteiger partial charge in [-0.05, 0) is 75.3 Å². The summed E-state index contributed by atoms with van der Waals surface area (Å²) in [6, 6.07) is 3.44. The molecule has 8 unspecified atom stereocenters. The average Bonchev–Trinajstić information content (AvgIpc) is 3.74. The zero-order chi connectivity index (χ0) is 46.4. The van der Waals surface area contributed by atoms with Crippen LogP contribution in [0.3, 0.4) is 0 Å². The van der Waals surface area contributed by atoms with Crippen LogP contribution in [0, 0.1) is 23.2 Å². The highest BCUT2D eigenvalue weighted by Crippen LogP contribution is 2.52. The van der Waals surface area contributed by atoms with Gasteiger partial charge >= 0.3 is 12.1 Å². The normalized spacial score (nSPS) is 27.5. The van der Waals surface area contributed by atoms with Crippen molar-refractivity contribution in [3.63, 3.8) is 0 Å². The molecule has 0 radical (unpaired) electrons. The minimum Gasteiger partial charge on any atom is -0.491 e. The number of hydrogen-bond acceptors (Lipinski definition) is 14. The van der Waals surface area contributed by atoms with Gasteiger partial charge in [-0.25, -0.2) is 19.6 Å². The number of alkyl carbamates (subject to hydrolysis) is 1. The van der Waals surface area contributed by atoms with Gasteiger partial charge in [0.05, 0.1) is 31.0 Å². The lowest BCUT2D eigenvalue weighted by Gasteiger charge is -2.35. The molecule has 8 rings (SSSR count). The maximum Gasteiger partial charge on any atom is 0.408 e. The van der Waals surface area contributed by atoms with Gasteiger partial charge in [0.2, 0.25) is 11.8 Å². The minimum atomic E-state index is -1.31. The first kappa shape index (κ1) is 46.8. The minimum absolute atomic E-state index is 0.0179. The Balaban J connectivity index is 1.09. The lowest BCUT2D eigenvalue weighted by Crippen LogP contribution is -2.59. The van der Waals surface area contributed by atoms with Crippen molar-refractivity contribution in [1.82, 2.24) is 30.4 Å². The highest BCUT2D eigenvalue weighted by Gasteiger charge is 2.62. The number of esters is 1. The summed E-state index contributed by atoms with van der Waals surface area (Å²) in [7, 11) is 3.00. The third-order valence-corrected chi connectivity index (χ3v) is 14.6. The van der Waals surface area contributed by atoms with Gasteiger partial charge < -0.3 is 44.5 Å². The average molecular weight is 937 g/mol. The summed E-state index contributed by atoms with van der Waals surface area (Å²) in [5.41, 5.74) is -0.552. The molecule has 352 valence electrons. The number of halogens is 1. The van der Waals surface area contributed by atoms with Gasteiger partial charge in [-0.2, -0.15) is 0 Å². The Morgan fingerprint density at radius 2 is 1.78 bits per heavy atom. The molecule has 3 N–H and O–H groups in total. The summed E-state index contributed by atoms with van der Waals surface area (Å²) in [5, 5.41) is 12.7. The Kier molecular flexibility index (Phi) is 13.6. The van der Waals surface area contributed by atoms with Gasteiger partial charge in [0.15, 0.2) is 5.13 Å². The molecule has 3 saturated carbocycles. The fourth-order valence-electron chi connectivity index (χ4n) is 9.65. The van der Waals surface area contributed by atoms with E-state index in [2.05, 4.69) is 27.4 Å². The van der Waals surface area contributed by atoms with E-state index in [0.29, 0.717) is 70.2 Å². The molecule has 2 aromatic heterocycles. The third kappa shape index (κ3) is 10.2. The monoisotopic (exact) mass is 935 g/mol. The zero-order valence-electron chi connectivity index (χ0n) is 38.3. The van der Waals surface area contributed by atoms with E-state index in [4.69, 9.17) is 45.3 Å². The molecule has 3 amide bonds. The molecule has 5 fully saturated rings. The zero-order valence-corrected chi connectivity index (χ0v) is 39.9. The summed E-state index contributed by atoms with van der Waals surface area (Å²) in [4.78, 5) is 69.4. The predicted molar refractivity (Wildman–Crippen MR) is 247 cm³/mol. The number of benzene rings is 1. The molecular formula is C47H62ClN7O9S. The Bertz CT molecular complexity index is 2290. The number of likely N-dealkylation sites (tertiary alicyclic amines) is 2. The molecular weight excluding hydrogens is 874 g/mol. The van der Waals surface area contributed by atoms with Crippen molar-refractivity contribution in [1.29, 1.82) is 0 Å². The first-order chi connectivity index (χ1) is 31.0. The van der Waals surface area contributed by atoms with Gasteiger partial charge in [-0.1, -0.05) is 38.4 Å². The smallest absolute Gasteiger partial charge is 0.408 e. The number of carbonyl (C=O) groups is 4. The number of amides is 3. The SMILES string of the molecule is C=CC1CC1(NC(=O)C1CC(Oc2cc(-c3csc(NC(C)C)n3)nc3c(Cl)c(OCCN4CCC(OC)C4)ccc23)CN1C(=O)C(NC(=O)OC1CC2CC2C1)C(C)(C)C)C(=O)OC. The molecule has 0 spiro atoms. The van der Waals surface area contributed by atoms with Crippen molar-refractivity contribution < 1.29 is 42.9 Å². The van der Waals surface area contributed by atoms with E-state index >= 15 is 0 Å². The molecule has 2 saturated heterocycles. The number of ether oxygens (including phenoxy) is 5. The molecule has 5 aliphatic rings. The van der Waals surface area contributed by atoms with Gasteiger partial charge in [0, 0.05) is 62.0 Å². The number of hydrogen-bond donors (Lipinski definition) is 3. The lowest BCUT2D eigenvalue weighted by atomic mass is 9.85. The van der Waals surface area contributed by atoms with Crippen LogP contribution in [0.25, 0.3) is 22.3 Å². The highest BCUT2D eigenvalue weighted by atomic mass is 35.5. The van der Waals surface area contributed by atoms with Crippen LogP contribution in [0.4, 0.5) is 9.93 Å². The Morgan fingerprint density at radius 1 is 1.02 bits per heavy atom. The van der Waals surface area contributed by atoms with Crippen LogP contribution in [-0.4, -0.2) is 133 Å². The Hall–Kier alpha value is -4.71. The molecule has 0 bridgehead atoms. The molecule has 4 heterocycles. The molecule has 2 aliphatic heterocycles. The van der Waals surface area contributed by atoms with E-state index in [1.165, 1.54) is 29.8 Å². The number of aromatic nitrogens is 2. The van der Waals surface area contributed by atoms with Crippen molar-refractivity contribution in [3.8, 4) is 22.9 Å². The van der Waals surface area contributed by atoms with Crippen LogP contribution >= 0.6 is 22.9 Å². The van der Waals surface area contributed by atoms with E-state index in [0.717, 1.165) is 37.5 Å². The quantitative estimate of drug-likeness (QED) is 0.0993. The predicted octanol–water partition coefficient (Wildman–Crippen LogP) is 6.45. The first-order valence-electron chi connectivity index (χ1n) is 22.7. The lowest BCUT2D eigenvalue weighted by molar-refractivity contribution is -0.148. The van der Waals surface area contributed by atoms with Gasteiger partial charge in [0.1, 0.15) is 58.7 Å². The van der Waals surface area contributed by atoms with E-state index in [9.17, 15) is 19.2 Å². The van der Waals surface area contributed by atoms with Gasteiger partial charge in [-0.15, -0.1) is 17.9 Å². The van der Waals surface area contributed by atoms with E-state index in [-0.39, 0.29) is 37.1 Å². The maximum absolute atomic E-state index is 14.9. The second-order valence-corrected chi connectivity index (χ2v) is 20.8. The number of thiazole rings is 1. The number of fused-ring (bicyclic) bond motifs is 2. The fraction of sp³-hybridized carbons (Fsp3) is 0.617. The number of anilines is 1. The Labute approximate surface area is 389 Å². The van der Waals surface area contributed by atoms with Crippen LogP contribution in [0.2, 0.25) is 5.02 Å². The van der Waals surface area contributed by atoms with Crippen LogP contribution in [0.5, 0.6) is 11.5 Å². The van der Waals surface area contributed by atoms with Crippen LogP contribution in [0.1, 0.15) is 73.1 Å². The van der Waals surface area contributed by atoms with Crippen molar-refractivity contribution in [3.05, 3.63) is 41.3 Å². The topological polar surface area (TPSA) is 183 Å². The maximum atomic E-state index is 14.9. The largest absolute Gasteiger partial charge is 0.491 e. The summed E-state index contributed by atoms with van der Waals surface area (Å²) >= 11 is 8.59. The molecule has 8 atom stereocenters. The molecule has 65 heavy (non-hydrogen) atoms. The second-order valence-electron chi connectivity index (χ2n) is 19.6. The molecule has 1 aromatic carbocycles. The number of nitrogens with zero attached hydrogens (tertiary/aromatic N) is 4. The summed E-state index contributed by atoms with van der Waals surface area (Å²) < 4.78 is 29.6. The first-order valence-corrected chi connectivity index (χ1v) is 24.0. The van der Waals surface area contributed by atoms with Crippen molar-refractivity contribution >= 4 is 62.8 Å². The number of rotatable bonds is 17. The number of carbonyl (C=O) groups excluding carboxylic acids is 4. The third-order valence-electron chi connectivity index (χ3n) is 13.4.